The fourth-order valence-electron chi connectivity index (χ4n) is 6.13. The molecule has 4 aromatic rings. The third-order valence-electron chi connectivity index (χ3n) is 8.64. The van der Waals surface area contributed by atoms with Gasteiger partial charge in [0.25, 0.3) is 0 Å². The molecule has 8 heteroatoms. The lowest BCUT2D eigenvalue weighted by Gasteiger charge is -2.31. The number of aromatic nitrogens is 2. The zero-order valence-electron chi connectivity index (χ0n) is 26.6. The Morgan fingerprint density at radius 2 is 1.00 bits per heavy atom. The van der Waals surface area contributed by atoms with Crippen LogP contribution in [0.25, 0.3) is 0 Å². The largest absolute Gasteiger partial charge is 0.362 e. The number of benzene rings is 2. The van der Waals surface area contributed by atoms with Crippen LogP contribution in [0.3, 0.4) is 0 Å². The first kappa shape index (κ1) is 32.6. The third kappa shape index (κ3) is 10.1. The average Bonchev–Trinajstić information content (AvgIpc) is 3.73. The van der Waals surface area contributed by atoms with Crippen molar-refractivity contribution in [2.45, 2.75) is 77.3 Å². The van der Waals surface area contributed by atoms with Crippen LogP contribution < -0.4 is 10.6 Å². The summed E-state index contributed by atoms with van der Waals surface area (Å²) >= 11 is 3.60. The van der Waals surface area contributed by atoms with Crippen LogP contribution in [0.15, 0.2) is 73.1 Å². The van der Waals surface area contributed by atoms with Gasteiger partial charge < -0.3 is 10.6 Å². The minimum absolute atomic E-state index is 0.737. The summed E-state index contributed by atoms with van der Waals surface area (Å²) in [6.07, 6.45) is 11.4. The molecule has 6 nitrogen and oxygen atoms in total. The smallest absolute Gasteiger partial charge is 0.182 e. The van der Waals surface area contributed by atoms with Crippen molar-refractivity contribution in [2.24, 2.45) is 0 Å². The van der Waals surface area contributed by atoms with Gasteiger partial charge in [0.15, 0.2) is 10.3 Å². The highest BCUT2D eigenvalue weighted by Gasteiger charge is 2.22. The van der Waals surface area contributed by atoms with Crippen LogP contribution in [-0.2, 0) is 13.1 Å². The van der Waals surface area contributed by atoms with Crippen molar-refractivity contribution in [3.8, 4) is 0 Å². The van der Waals surface area contributed by atoms with Gasteiger partial charge in [-0.15, -0.1) is 22.7 Å². The minimum Gasteiger partial charge on any atom is -0.362 e. The maximum absolute atomic E-state index is 4.46. The van der Waals surface area contributed by atoms with Crippen molar-refractivity contribution in [3.05, 3.63) is 93.9 Å². The normalized spacial score (nSPS) is 16.8. The van der Waals surface area contributed by atoms with E-state index < -0.39 is 0 Å². The van der Waals surface area contributed by atoms with E-state index in [1.807, 2.05) is 12.4 Å². The SMILES string of the molecule is CCCNc1ncc(CN2CCC(c3ccccc3)CC2)s1.CCCNc1ncc(CN2CCC(c3ccccc3)CC2)s1. The van der Waals surface area contributed by atoms with Crippen LogP contribution >= 0.6 is 22.7 Å². The fraction of sp³-hybridized carbons (Fsp3) is 0.500. The predicted molar refractivity (Wildman–Crippen MR) is 189 cm³/mol. The monoisotopic (exact) mass is 630 g/mol. The maximum atomic E-state index is 4.46. The van der Waals surface area contributed by atoms with Crippen LogP contribution in [0.4, 0.5) is 10.3 Å². The summed E-state index contributed by atoms with van der Waals surface area (Å²) in [6, 6.07) is 21.9. The predicted octanol–water partition coefficient (Wildman–Crippen LogP) is 8.69. The second-order valence-electron chi connectivity index (χ2n) is 12.0. The van der Waals surface area contributed by atoms with Crippen LogP contribution in [0, 0.1) is 0 Å². The molecule has 2 aromatic heterocycles. The Hall–Kier alpha value is -2.78. The number of piperidine rings is 2. The molecule has 0 bridgehead atoms. The molecule has 0 aliphatic carbocycles. The van der Waals surface area contributed by atoms with Gasteiger partial charge in [0, 0.05) is 48.3 Å². The Bertz CT molecular complexity index is 1220. The summed E-state index contributed by atoms with van der Waals surface area (Å²) < 4.78 is 0. The number of hydrogen-bond acceptors (Lipinski definition) is 8. The molecule has 0 amide bonds. The lowest BCUT2D eigenvalue weighted by Crippen LogP contribution is -2.32. The number of rotatable bonds is 12. The lowest BCUT2D eigenvalue weighted by atomic mass is 9.89. The van der Waals surface area contributed by atoms with E-state index in [4.69, 9.17) is 0 Å². The van der Waals surface area contributed by atoms with Gasteiger partial charge in [-0.05, 0) is 87.7 Å². The second kappa shape index (κ2) is 17.6. The van der Waals surface area contributed by atoms with Gasteiger partial charge in [-0.2, -0.15) is 0 Å². The van der Waals surface area contributed by atoms with Crippen molar-refractivity contribution >= 4 is 32.9 Å². The summed E-state index contributed by atoms with van der Waals surface area (Å²) in [5.74, 6) is 1.47. The van der Waals surface area contributed by atoms with E-state index in [1.165, 1.54) is 72.7 Å². The molecule has 0 radical (unpaired) electrons. The van der Waals surface area contributed by atoms with Crippen molar-refractivity contribution in [1.29, 1.82) is 0 Å². The summed E-state index contributed by atoms with van der Waals surface area (Å²) in [5.41, 5.74) is 3.01. The first-order valence-electron chi connectivity index (χ1n) is 16.6. The van der Waals surface area contributed by atoms with Crippen LogP contribution in [-0.4, -0.2) is 59.0 Å². The van der Waals surface area contributed by atoms with E-state index in [2.05, 4.69) is 105 Å². The van der Waals surface area contributed by atoms with Gasteiger partial charge in [-0.25, -0.2) is 9.97 Å². The molecule has 236 valence electrons. The van der Waals surface area contributed by atoms with Crippen molar-refractivity contribution in [3.63, 3.8) is 0 Å². The number of likely N-dealkylation sites (tertiary alicyclic amines) is 2. The number of nitrogens with one attached hydrogen (secondary N) is 2. The molecule has 2 aliphatic rings. The number of hydrogen-bond donors (Lipinski definition) is 2. The third-order valence-corrected chi connectivity index (χ3v) is 10.5. The molecule has 44 heavy (non-hydrogen) atoms. The molecular weight excluding hydrogens is 581 g/mol. The molecule has 0 saturated carbocycles. The molecule has 0 spiro atoms. The summed E-state index contributed by atoms with van der Waals surface area (Å²) in [4.78, 5) is 16.8. The molecule has 2 aliphatic heterocycles. The van der Waals surface area contributed by atoms with Crippen molar-refractivity contribution in [2.75, 3.05) is 49.9 Å². The molecule has 4 heterocycles. The number of thiazole rings is 2. The van der Waals surface area contributed by atoms with E-state index in [0.29, 0.717) is 0 Å². The quantitative estimate of drug-likeness (QED) is 0.163. The summed E-state index contributed by atoms with van der Waals surface area (Å²) in [7, 11) is 0. The molecule has 0 atom stereocenters. The molecular formula is C36H50N6S2. The standard InChI is InChI=1S/2C18H25N3S/c2*1-2-10-19-18-20-13-17(22-18)14-21-11-8-16(9-12-21)15-6-4-3-5-7-15/h2*3-7,13,16H,2,8-12,14H2,1H3,(H,19,20). The first-order chi connectivity index (χ1) is 21.7. The second-order valence-corrected chi connectivity index (χ2v) is 14.3. The van der Waals surface area contributed by atoms with Gasteiger partial charge in [-0.3, -0.25) is 9.80 Å². The summed E-state index contributed by atoms with van der Waals surface area (Å²) in [6.45, 7) is 13.2. The topological polar surface area (TPSA) is 56.3 Å². The van der Waals surface area contributed by atoms with E-state index in [-0.39, 0.29) is 0 Å². The van der Waals surface area contributed by atoms with Gasteiger partial charge in [0.2, 0.25) is 0 Å². The average molecular weight is 631 g/mol. The number of nitrogens with zero attached hydrogens (tertiary/aromatic N) is 4. The fourth-order valence-corrected chi connectivity index (χ4v) is 7.89. The van der Waals surface area contributed by atoms with Gasteiger partial charge in [0.05, 0.1) is 0 Å². The molecule has 2 N–H and O–H groups in total. The highest BCUT2D eigenvalue weighted by molar-refractivity contribution is 7.15. The Labute approximate surface area is 273 Å². The lowest BCUT2D eigenvalue weighted by molar-refractivity contribution is 0.206. The Kier molecular flexibility index (Phi) is 13.1. The van der Waals surface area contributed by atoms with E-state index in [0.717, 1.165) is 61.1 Å². The zero-order chi connectivity index (χ0) is 30.4. The highest BCUT2D eigenvalue weighted by atomic mass is 32.1. The molecule has 0 unspecified atom stereocenters. The van der Waals surface area contributed by atoms with Crippen LogP contribution in [0.1, 0.15) is 85.1 Å². The highest BCUT2D eigenvalue weighted by Crippen LogP contribution is 2.31. The van der Waals surface area contributed by atoms with E-state index in [9.17, 15) is 0 Å². The molecule has 2 fully saturated rings. The van der Waals surface area contributed by atoms with Gasteiger partial charge in [-0.1, -0.05) is 74.5 Å². The van der Waals surface area contributed by atoms with E-state index >= 15 is 0 Å². The van der Waals surface area contributed by atoms with E-state index in [1.54, 1.807) is 22.7 Å². The van der Waals surface area contributed by atoms with Crippen molar-refractivity contribution in [1.82, 2.24) is 19.8 Å². The zero-order valence-corrected chi connectivity index (χ0v) is 28.2. The Morgan fingerprint density at radius 1 is 0.614 bits per heavy atom. The molecule has 6 rings (SSSR count). The van der Waals surface area contributed by atoms with Crippen LogP contribution in [0.5, 0.6) is 0 Å². The van der Waals surface area contributed by atoms with Gasteiger partial charge in [0.1, 0.15) is 0 Å². The Morgan fingerprint density at radius 3 is 1.36 bits per heavy atom. The maximum Gasteiger partial charge on any atom is 0.182 e. The number of anilines is 2. The first-order valence-corrected chi connectivity index (χ1v) is 18.2. The van der Waals surface area contributed by atoms with Gasteiger partial charge >= 0.3 is 0 Å². The molecule has 2 saturated heterocycles. The summed E-state index contributed by atoms with van der Waals surface area (Å²) in [5, 5.41) is 8.87. The molecule has 2 aromatic carbocycles. The van der Waals surface area contributed by atoms with Crippen LogP contribution in [0.2, 0.25) is 0 Å². The Balaban J connectivity index is 0.000000175. The minimum atomic E-state index is 0.737. The van der Waals surface area contributed by atoms with Crippen molar-refractivity contribution < 1.29 is 0 Å².